The van der Waals surface area contributed by atoms with Crippen LogP contribution in [0.3, 0.4) is 0 Å². The van der Waals surface area contributed by atoms with E-state index in [-0.39, 0.29) is 5.91 Å². The zero-order valence-corrected chi connectivity index (χ0v) is 11.1. The monoisotopic (exact) mass is 265 g/mol. The summed E-state index contributed by atoms with van der Waals surface area (Å²) in [6.45, 7) is 1.96. The fraction of sp³-hybridized carbons (Fsp3) is 0.0625. The highest BCUT2D eigenvalue weighted by Crippen LogP contribution is 2.22. The number of para-hydroxylation sites is 1. The minimum atomic E-state index is -0.142. The smallest absolute Gasteiger partial charge is 0.257 e. The third kappa shape index (κ3) is 2.12. The molecule has 0 saturated carbocycles. The molecule has 0 atom stereocenters. The topological polar surface area (TPSA) is 70.9 Å². The van der Waals surface area contributed by atoms with Crippen LogP contribution in [0.15, 0.2) is 48.7 Å². The second kappa shape index (κ2) is 4.74. The zero-order valence-electron chi connectivity index (χ0n) is 11.1. The highest BCUT2D eigenvalue weighted by atomic mass is 16.1. The number of anilines is 2. The quantitative estimate of drug-likeness (QED) is 0.622. The van der Waals surface area contributed by atoms with Gasteiger partial charge in [-0.25, -0.2) is 0 Å². The Morgan fingerprint density at radius 1 is 1.20 bits per heavy atom. The number of aromatic amines is 1. The summed E-state index contributed by atoms with van der Waals surface area (Å²) >= 11 is 0. The Morgan fingerprint density at radius 2 is 2.00 bits per heavy atom. The SMILES string of the molecule is Cc1ccccc1NC(=O)c1c[nH]c2ccc(N)cc12. The molecule has 1 amide bonds. The number of benzene rings is 2. The first-order valence-corrected chi connectivity index (χ1v) is 6.39. The number of nitrogens with two attached hydrogens (primary N) is 1. The van der Waals surface area contributed by atoms with Crippen LogP contribution in [0.1, 0.15) is 15.9 Å². The molecule has 0 spiro atoms. The van der Waals surface area contributed by atoms with Gasteiger partial charge in [-0.2, -0.15) is 0 Å². The number of carbonyl (C=O) groups excluding carboxylic acids is 1. The van der Waals surface area contributed by atoms with Crippen LogP contribution in [0.25, 0.3) is 10.9 Å². The van der Waals surface area contributed by atoms with Gasteiger partial charge in [-0.15, -0.1) is 0 Å². The molecular weight excluding hydrogens is 250 g/mol. The van der Waals surface area contributed by atoms with Crippen LogP contribution in [0.4, 0.5) is 11.4 Å². The number of rotatable bonds is 2. The van der Waals surface area contributed by atoms with Crippen molar-refractivity contribution < 1.29 is 4.79 Å². The van der Waals surface area contributed by atoms with E-state index in [1.165, 1.54) is 0 Å². The minimum absolute atomic E-state index is 0.142. The lowest BCUT2D eigenvalue weighted by Gasteiger charge is -2.07. The Labute approximate surface area is 116 Å². The van der Waals surface area contributed by atoms with E-state index in [1.54, 1.807) is 12.3 Å². The predicted molar refractivity (Wildman–Crippen MR) is 81.8 cm³/mol. The molecule has 20 heavy (non-hydrogen) atoms. The zero-order chi connectivity index (χ0) is 14.1. The van der Waals surface area contributed by atoms with E-state index >= 15 is 0 Å². The van der Waals surface area contributed by atoms with Crippen LogP contribution >= 0.6 is 0 Å². The molecule has 4 nitrogen and oxygen atoms in total. The molecule has 0 bridgehead atoms. The Kier molecular flexibility index (Phi) is 2.91. The van der Waals surface area contributed by atoms with Crippen LogP contribution in [-0.4, -0.2) is 10.9 Å². The molecule has 1 aromatic heterocycles. The molecule has 3 aromatic rings. The van der Waals surface area contributed by atoms with E-state index in [2.05, 4.69) is 10.3 Å². The maximum absolute atomic E-state index is 12.4. The van der Waals surface area contributed by atoms with Gasteiger partial charge < -0.3 is 16.0 Å². The number of aryl methyl sites for hydroxylation is 1. The van der Waals surface area contributed by atoms with Crippen molar-refractivity contribution in [3.63, 3.8) is 0 Å². The number of nitrogen functional groups attached to an aromatic ring is 1. The van der Waals surface area contributed by atoms with Crippen molar-refractivity contribution in [3.8, 4) is 0 Å². The standard InChI is InChI=1S/C16H15N3O/c1-10-4-2-3-5-14(10)19-16(20)13-9-18-15-7-6-11(17)8-12(13)15/h2-9,18H,17H2,1H3,(H,19,20). The minimum Gasteiger partial charge on any atom is -0.399 e. The first-order valence-electron chi connectivity index (χ1n) is 6.39. The maximum Gasteiger partial charge on any atom is 0.257 e. The van der Waals surface area contributed by atoms with E-state index in [0.717, 1.165) is 22.2 Å². The Bertz CT molecular complexity index is 789. The van der Waals surface area contributed by atoms with E-state index in [4.69, 9.17) is 5.73 Å². The van der Waals surface area contributed by atoms with Gasteiger partial charge in [-0.1, -0.05) is 18.2 Å². The molecule has 0 radical (unpaired) electrons. The average molecular weight is 265 g/mol. The van der Waals surface area contributed by atoms with E-state index in [0.29, 0.717) is 11.3 Å². The van der Waals surface area contributed by atoms with Gasteiger partial charge in [0.25, 0.3) is 5.91 Å². The lowest BCUT2D eigenvalue weighted by atomic mass is 10.1. The first-order chi connectivity index (χ1) is 9.65. The summed E-state index contributed by atoms with van der Waals surface area (Å²) < 4.78 is 0. The second-order valence-corrected chi connectivity index (χ2v) is 4.78. The summed E-state index contributed by atoms with van der Waals surface area (Å²) in [5, 5.41) is 3.75. The molecule has 1 heterocycles. The van der Waals surface area contributed by atoms with Crippen molar-refractivity contribution >= 4 is 28.2 Å². The van der Waals surface area contributed by atoms with Gasteiger partial charge in [-0.05, 0) is 36.8 Å². The predicted octanol–water partition coefficient (Wildman–Crippen LogP) is 3.31. The van der Waals surface area contributed by atoms with Gasteiger partial charge in [0.1, 0.15) is 0 Å². The summed E-state index contributed by atoms with van der Waals surface area (Å²) in [5.41, 5.74) is 9.76. The van der Waals surface area contributed by atoms with Crippen LogP contribution in [0, 0.1) is 6.92 Å². The molecule has 2 aromatic carbocycles. The van der Waals surface area contributed by atoms with Crippen molar-refractivity contribution in [3.05, 3.63) is 59.8 Å². The number of hydrogen-bond donors (Lipinski definition) is 3. The number of hydrogen-bond acceptors (Lipinski definition) is 2. The second-order valence-electron chi connectivity index (χ2n) is 4.78. The number of nitrogens with one attached hydrogen (secondary N) is 2. The summed E-state index contributed by atoms with van der Waals surface area (Å²) in [6, 6.07) is 13.2. The Morgan fingerprint density at radius 3 is 2.80 bits per heavy atom. The number of aromatic nitrogens is 1. The largest absolute Gasteiger partial charge is 0.399 e. The third-order valence-corrected chi connectivity index (χ3v) is 3.34. The van der Waals surface area contributed by atoms with E-state index in [1.807, 2.05) is 43.3 Å². The number of amides is 1. The molecule has 0 aliphatic carbocycles. The third-order valence-electron chi connectivity index (χ3n) is 3.34. The number of fused-ring (bicyclic) bond motifs is 1. The average Bonchev–Trinajstić information content (AvgIpc) is 2.84. The molecule has 3 rings (SSSR count). The number of carbonyl (C=O) groups is 1. The molecule has 4 N–H and O–H groups in total. The molecule has 0 aliphatic rings. The van der Waals surface area contributed by atoms with Crippen LogP contribution < -0.4 is 11.1 Å². The van der Waals surface area contributed by atoms with Gasteiger partial charge >= 0.3 is 0 Å². The summed E-state index contributed by atoms with van der Waals surface area (Å²) in [6.07, 6.45) is 1.71. The first kappa shape index (κ1) is 12.3. The molecule has 0 saturated heterocycles. The normalized spacial score (nSPS) is 10.7. The van der Waals surface area contributed by atoms with Crippen molar-refractivity contribution in [2.24, 2.45) is 0 Å². The van der Waals surface area contributed by atoms with Crippen molar-refractivity contribution in [2.75, 3.05) is 11.1 Å². The molecular formula is C16H15N3O. The summed E-state index contributed by atoms with van der Waals surface area (Å²) in [4.78, 5) is 15.5. The van der Waals surface area contributed by atoms with Crippen molar-refractivity contribution in [2.45, 2.75) is 6.92 Å². The molecule has 4 heteroatoms. The highest BCUT2D eigenvalue weighted by molar-refractivity contribution is 6.13. The maximum atomic E-state index is 12.4. The molecule has 0 fully saturated rings. The molecule has 0 aliphatic heterocycles. The van der Waals surface area contributed by atoms with E-state index in [9.17, 15) is 4.79 Å². The van der Waals surface area contributed by atoms with Crippen LogP contribution in [-0.2, 0) is 0 Å². The van der Waals surface area contributed by atoms with Crippen LogP contribution in [0.2, 0.25) is 0 Å². The van der Waals surface area contributed by atoms with Gasteiger partial charge in [-0.3, -0.25) is 4.79 Å². The fourth-order valence-corrected chi connectivity index (χ4v) is 2.23. The van der Waals surface area contributed by atoms with Crippen LogP contribution in [0.5, 0.6) is 0 Å². The van der Waals surface area contributed by atoms with Gasteiger partial charge in [0.15, 0.2) is 0 Å². The van der Waals surface area contributed by atoms with Crippen molar-refractivity contribution in [1.29, 1.82) is 0 Å². The Hall–Kier alpha value is -2.75. The lowest BCUT2D eigenvalue weighted by molar-refractivity contribution is 0.102. The Balaban J connectivity index is 1.97. The number of H-pyrrole nitrogens is 1. The summed E-state index contributed by atoms with van der Waals surface area (Å²) in [7, 11) is 0. The highest BCUT2D eigenvalue weighted by Gasteiger charge is 2.13. The van der Waals surface area contributed by atoms with Crippen molar-refractivity contribution in [1.82, 2.24) is 4.98 Å². The molecule has 100 valence electrons. The fourth-order valence-electron chi connectivity index (χ4n) is 2.23. The molecule has 0 unspecified atom stereocenters. The van der Waals surface area contributed by atoms with Gasteiger partial charge in [0, 0.05) is 28.5 Å². The van der Waals surface area contributed by atoms with Gasteiger partial charge in [0.05, 0.1) is 5.56 Å². The lowest BCUT2D eigenvalue weighted by Crippen LogP contribution is -2.12. The van der Waals surface area contributed by atoms with Gasteiger partial charge in [0.2, 0.25) is 0 Å². The summed E-state index contributed by atoms with van der Waals surface area (Å²) in [5.74, 6) is -0.142. The van der Waals surface area contributed by atoms with E-state index < -0.39 is 0 Å².